The molecule has 0 saturated heterocycles. The van der Waals surface area contributed by atoms with Crippen LogP contribution < -0.4 is 10.6 Å². The number of halogens is 1. The number of benzene rings is 3. The minimum Gasteiger partial charge on any atom is -0.349 e. The first-order chi connectivity index (χ1) is 17.0. The Hall–Kier alpha value is -5.01. The summed E-state index contributed by atoms with van der Waals surface area (Å²) in [7, 11) is 0. The van der Waals surface area contributed by atoms with E-state index in [0.717, 1.165) is 5.39 Å². The third kappa shape index (κ3) is 4.44. The number of nitrogens with one attached hydrogen (secondary N) is 4. The first-order valence-electron chi connectivity index (χ1n) is 10.3. The lowest BCUT2D eigenvalue weighted by Crippen LogP contribution is -2.13. The van der Waals surface area contributed by atoms with Crippen LogP contribution in [-0.2, 0) is 0 Å². The van der Waals surface area contributed by atoms with E-state index < -0.39 is 5.91 Å². The van der Waals surface area contributed by atoms with Crippen molar-refractivity contribution in [3.63, 3.8) is 0 Å². The van der Waals surface area contributed by atoms with Crippen molar-refractivity contribution in [3.8, 4) is 17.5 Å². The molecule has 170 valence electrons. The number of nitrogens with zero attached hydrogens (tertiary/aromatic N) is 4. The van der Waals surface area contributed by atoms with Gasteiger partial charge in [-0.1, -0.05) is 29.8 Å². The van der Waals surface area contributed by atoms with Crippen molar-refractivity contribution in [2.75, 3.05) is 10.6 Å². The lowest BCUT2D eigenvalue weighted by Gasteiger charge is -2.09. The highest BCUT2D eigenvalue weighted by Gasteiger charge is 2.17. The molecule has 4 N–H and O–H groups in total. The van der Waals surface area contributed by atoms with Gasteiger partial charge in [-0.2, -0.15) is 10.5 Å². The van der Waals surface area contributed by atoms with E-state index in [1.54, 1.807) is 54.6 Å². The van der Waals surface area contributed by atoms with Crippen LogP contribution in [-0.4, -0.2) is 37.4 Å². The molecule has 35 heavy (non-hydrogen) atoms. The molecule has 0 spiro atoms. The average molecular weight is 483 g/mol. The maximum absolute atomic E-state index is 13.1. The van der Waals surface area contributed by atoms with Crippen molar-refractivity contribution >= 4 is 45.7 Å². The van der Waals surface area contributed by atoms with E-state index in [9.17, 15) is 9.59 Å². The number of amides is 2. The molecule has 3 aromatic carbocycles. The Balaban J connectivity index is 1.42. The monoisotopic (exact) mass is 482 g/mol. The maximum Gasteiger partial charge on any atom is 0.272 e. The first kappa shape index (κ1) is 21.8. The lowest BCUT2D eigenvalue weighted by molar-refractivity contribution is 0.101. The Labute approximate surface area is 202 Å². The smallest absolute Gasteiger partial charge is 0.272 e. The summed E-state index contributed by atoms with van der Waals surface area (Å²) in [6.07, 6.45) is 0. The van der Waals surface area contributed by atoms with E-state index in [1.807, 2.05) is 12.1 Å². The number of H-pyrrole nitrogens is 2. The fourth-order valence-electron chi connectivity index (χ4n) is 3.58. The number of rotatable bonds is 5. The molecule has 0 unspecified atom stereocenters. The number of tetrazole rings is 1. The molecular weight excluding hydrogens is 468 g/mol. The van der Waals surface area contributed by atoms with Gasteiger partial charge in [0.05, 0.1) is 28.5 Å². The lowest BCUT2D eigenvalue weighted by atomic mass is 10.1. The molecule has 2 amide bonds. The molecule has 2 aromatic heterocycles. The maximum atomic E-state index is 13.1. The van der Waals surface area contributed by atoms with Crippen molar-refractivity contribution in [3.05, 3.63) is 88.6 Å². The zero-order valence-corrected chi connectivity index (χ0v) is 18.6. The van der Waals surface area contributed by atoms with Crippen LogP contribution in [0.2, 0.25) is 5.02 Å². The number of carbonyl (C=O) groups excluding carboxylic acids is 2. The standard InChI is InChI=1S/C24H15ClN8O2/c25-16-7-8-18(17(11-16)22-30-32-33-31-22)28-24(35)20-10-14-4-2-6-19(21(14)27-20)29-23(34)15-5-1-3-13(9-15)12-26/h1-11,27H,(H,28,35)(H,29,34)(H,30,31,32,33). The largest absolute Gasteiger partial charge is 0.349 e. The highest BCUT2D eigenvalue weighted by atomic mass is 35.5. The third-order valence-corrected chi connectivity index (χ3v) is 5.45. The molecule has 10 nitrogen and oxygen atoms in total. The topological polar surface area (TPSA) is 152 Å². The number of anilines is 2. The normalized spacial score (nSPS) is 10.6. The van der Waals surface area contributed by atoms with Crippen molar-refractivity contribution in [2.45, 2.75) is 0 Å². The Morgan fingerprint density at radius 1 is 0.943 bits per heavy atom. The zero-order valence-electron chi connectivity index (χ0n) is 17.8. The molecule has 0 aliphatic heterocycles. The van der Waals surface area contributed by atoms with Gasteiger partial charge < -0.3 is 15.6 Å². The summed E-state index contributed by atoms with van der Waals surface area (Å²) in [6, 6.07) is 20.3. The van der Waals surface area contributed by atoms with E-state index in [-0.39, 0.29) is 17.4 Å². The Kier molecular flexibility index (Phi) is 5.66. The molecule has 0 fully saturated rings. The van der Waals surface area contributed by atoms with Crippen LogP contribution in [0, 0.1) is 11.3 Å². The van der Waals surface area contributed by atoms with Gasteiger partial charge >= 0.3 is 0 Å². The van der Waals surface area contributed by atoms with Crippen LogP contribution in [0.4, 0.5) is 11.4 Å². The summed E-state index contributed by atoms with van der Waals surface area (Å²) >= 11 is 6.11. The Morgan fingerprint density at radius 3 is 2.57 bits per heavy atom. The minimum absolute atomic E-state index is 0.280. The SMILES string of the molecule is N#Cc1cccc(C(=O)Nc2cccc3cc(C(=O)Nc4ccc(Cl)cc4-c4nn[nH]n4)[nH]c23)c1. The van der Waals surface area contributed by atoms with Crippen molar-refractivity contribution in [1.29, 1.82) is 5.26 Å². The average Bonchev–Trinajstić information content (AvgIpc) is 3.56. The summed E-state index contributed by atoms with van der Waals surface area (Å²) in [5.74, 6) is -0.502. The van der Waals surface area contributed by atoms with Crippen molar-refractivity contribution < 1.29 is 9.59 Å². The first-order valence-corrected chi connectivity index (χ1v) is 10.7. The van der Waals surface area contributed by atoms with Crippen LogP contribution in [0.1, 0.15) is 26.4 Å². The predicted octanol–water partition coefficient (Wildman–Crippen LogP) is 4.38. The second-order valence-corrected chi connectivity index (χ2v) is 7.92. The molecule has 5 rings (SSSR count). The summed E-state index contributed by atoms with van der Waals surface area (Å²) in [6.45, 7) is 0. The highest BCUT2D eigenvalue weighted by molar-refractivity contribution is 6.31. The van der Waals surface area contributed by atoms with Crippen LogP contribution >= 0.6 is 11.6 Å². The second kappa shape index (κ2) is 9.09. The quantitative estimate of drug-likeness (QED) is 0.291. The molecule has 0 saturated carbocycles. The molecule has 0 radical (unpaired) electrons. The van der Waals surface area contributed by atoms with Gasteiger partial charge in [0, 0.05) is 21.5 Å². The number of aromatic amines is 2. The number of aromatic nitrogens is 5. The van der Waals surface area contributed by atoms with Gasteiger partial charge in [-0.3, -0.25) is 9.59 Å². The van der Waals surface area contributed by atoms with Gasteiger partial charge in [-0.05, 0) is 53.7 Å². The van der Waals surface area contributed by atoms with Gasteiger partial charge in [0.1, 0.15) is 5.69 Å². The van der Waals surface area contributed by atoms with E-state index >= 15 is 0 Å². The van der Waals surface area contributed by atoms with Gasteiger partial charge in [-0.15, -0.1) is 10.2 Å². The number of nitriles is 1. The van der Waals surface area contributed by atoms with E-state index in [0.29, 0.717) is 38.6 Å². The molecule has 0 aliphatic rings. The molecular formula is C24H15ClN8O2. The van der Waals surface area contributed by atoms with Crippen LogP contribution in [0.25, 0.3) is 22.3 Å². The molecule has 5 aromatic rings. The Morgan fingerprint density at radius 2 is 1.77 bits per heavy atom. The third-order valence-electron chi connectivity index (χ3n) is 5.22. The molecule has 0 atom stereocenters. The predicted molar refractivity (Wildman–Crippen MR) is 130 cm³/mol. The number of hydrogen-bond acceptors (Lipinski definition) is 6. The number of carbonyl (C=O) groups is 2. The fraction of sp³-hybridized carbons (Fsp3) is 0. The minimum atomic E-state index is -0.410. The zero-order chi connectivity index (χ0) is 24.4. The highest BCUT2D eigenvalue weighted by Crippen LogP contribution is 2.29. The van der Waals surface area contributed by atoms with Gasteiger partial charge in [0.2, 0.25) is 5.82 Å². The van der Waals surface area contributed by atoms with Crippen LogP contribution in [0.3, 0.4) is 0 Å². The van der Waals surface area contributed by atoms with E-state index in [2.05, 4.69) is 36.2 Å². The summed E-state index contributed by atoms with van der Waals surface area (Å²) in [5.41, 5.74) is 3.04. The van der Waals surface area contributed by atoms with Crippen molar-refractivity contribution in [2.24, 2.45) is 0 Å². The number of hydrogen-bond donors (Lipinski definition) is 4. The summed E-state index contributed by atoms with van der Waals surface area (Å²) in [4.78, 5) is 28.9. The van der Waals surface area contributed by atoms with Crippen molar-refractivity contribution in [1.82, 2.24) is 25.6 Å². The van der Waals surface area contributed by atoms with Gasteiger partial charge in [0.15, 0.2) is 0 Å². The summed E-state index contributed by atoms with van der Waals surface area (Å²) < 4.78 is 0. The van der Waals surface area contributed by atoms with E-state index in [1.165, 1.54) is 6.07 Å². The van der Waals surface area contributed by atoms with Gasteiger partial charge in [-0.25, -0.2) is 0 Å². The fourth-order valence-corrected chi connectivity index (χ4v) is 3.76. The molecule has 0 aliphatic carbocycles. The molecule has 0 bridgehead atoms. The van der Waals surface area contributed by atoms with Gasteiger partial charge in [0.25, 0.3) is 11.8 Å². The summed E-state index contributed by atoms with van der Waals surface area (Å²) in [5, 5.41) is 29.8. The number of para-hydroxylation sites is 1. The van der Waals surface area contributed by atoms with Crippen LogP contribution in [0.15, 0.2) is 66.7 Å². The Bertz CT molecular complexity index is 1620. The number of fused-ring (bicyclic) bond motifs is 1. The van der Waals surface area contributed by atoms with E-state index in [4.69, 9.17) is 16.9 Å². The molecule has 11 heteroatoms. The molecule has 2 heterocycles. The van der Waals surface area contributed by atoms with Crippen LogP contribution in [0.5, 0.6) is 0 Å². The second-order valence-electron chi connectivity index (χ2n) is 7.48.